The summed E-state index contributed by atoms with van der Waals surface area (Å²) >= 11 is 0. The van der Waals surface area contributed by atoms with Gasteiger partial charge in [0, 0.05) is 32.6 Å². The van der Waals surface area contributed by atoms with Gasteiger partial charge in [-0.15, -0.1) is 0 Å². The fourth-order valence-corrected chi connectivity index (χ4v) is 2.94. The van der Waals surface area contributed by atoms with Gasteiger partial charge in [-0.25, -0.2) is 0 Å². The topological polar surface area (TPSA) is 55.2 Å². The number of ether oxygens (including phenoxy) is 2. The first-order valence-electron chi connectivity index (χ1n) is 8.11. The van der Waals surface area contributed by atoms with Gasteiger partial charge in [0.2, 0.25) is 0 Å². The quantitative estimate of drug-likeness (QED) is 0.845. The molecule has 0 aliphatic carbocycles. The van der Waals surface area contributed by atoms with Crippen molar-refractivity contribution < 1.29 is 18.7 Å². The maximum atomic E-state index is 12.3. The molecule has 0 aromatic carbocycles. The molecule has 0 radical (unpaired) electrons. The number of hydrogen-bond acceptors (Lipinski definition) is 5. The Morgan fingerprint density at radius 2 is 2.00 bits per heavy atom. The maximum absolute atomic E-state index is 12.3. The van der Waals surface area contributed by atoms with Crippen molar-refractivity contribution in [1.29, 1.82) is 0 Å². The minimum Gasteiger partial charge on any atom is -0.459 e. The van der Waals surface area contributed by atoms with E-state index in [9.17, 15) is 4.79 Å². The molecule has 0 saturated carbocycles. The summed E-state index contributed by atoms with van der Waals surface area (Å²) in [6.07, 6.45) is 4.36. The van der Waals surface area contributed by atoms with Crippen molar-refractivity contribution in [3.8, 4) is 0 Å². The lowest BCUT2D eigenvalue weighted by atomic mass is 10.3. The zero-order chi connectivity index (χ0) is 15.2. The van der Waals surface area contributed by atoms with Crippen molar-refractivity contribution >= 4 is 5.91 Å². The van der Waals surface area contributed by atoms with Crippen LogP contribution in [0.25, 0.3) is 0 Å². The number of amides is 1. The zero-order valence-corrected chi connectivity index (χ0v) is 12.9. The molecule has 3 heterocycles. The fraction of sp³-hybridized carbons (Fsp3) is 0.688. The average Bonchev–Trinajstić information content (AvgIpc) is 2.99. The van der Waals surface area contributed by atoms with Gasteiger partial charge in [0.25, 0.3) is 5.91 Å². The van der Waals surface area contributed by atoms with E-state index in [1.807, 2.05) is 4.90 Å². The van der Waals surface area contributed by atoms with Crippen molar-refractivity contribution in [1.82, 2.24) is 9.80 Å². The highest BCUT2D eigenvalue weighted by Crippen LogP contribution is 2.12. The minimum absolute atomic E-state index is 0.00852. The Labute approximate surface area is 131 Å². The first-order valence-corrected chi connectivity index (χ1v) is 8.11. The molecule has 0 atom stereocenters. The third kappa shape index (κ3) is 4.09. The van der Waals surface area contributed by atoms with Crippen LogP contribution in [0.5, 0.6) is 0 Å². The first kappa shape index (κ1) is 15.5. The molecule has 0 spiro atoms. The van der Waals surface area contributed by atoms with Crippen LogP contribution in [0.4, 0.5) is 0 Å². The van der Waals surface area contributed by atoms with E-state index in [-0.39, 0.29) is 12.2 Å². The molecule has 122 valence electrons. The smallest absolute Gasteiger partial charge is 0.289 e. The van der Waals surface area contributed by atoms with Crippen LogP contribution in [0, 0.1) is 0 Å². The molecule has 1 amide bonds. The van der Waals surface area contributed by atoms with Crippen LogP contribution in [0.1, 0.15) is 29.8 Å². The third-order valence-corrected chi connectivity index (χ3v) is 4.18. The van der Waals surface area contributed by atoms with E-state index in [0.717, 1.165) is 65.2 Å². The molecule has 6 nitrogen and oxygen atoms in total. The van der Waals surface area contributed by atoms with E-state index in [0.29, 0.717) is 5.76 Å². The van der Waals surface area contributed by atoms with Gasteiger partial charge in [0.15, 0.2) is 12.1 Å². The Balaban J connectivity index is 1.44. The van der Waals surface area contributed by atoms with E-state index >= 15 is 0 Å². The number of hydrogen-bond donors (Lipinski definition) is 0. The lowest BCUT2D eigenvalue weighted by molar-refractivity contribution is -0.182. The van der Waals surface area contributed by atoms with Gasteiger partial charge in [-0.2, -0.15) is 0 Å². The second-order valence-corrected chi connectivity index (χ2v) is 5.78. The Bertz CT molecular complexity index is 457. The molecule has 2 saturated heterocycles. The first-order chi connectivity index (χ1) is 10.8. The lowest BCUT2D eigenvalue weighted by Crippen LogP contribution is -2.36. The van der Waals surface area contributed by atoms with E-state index < -0.39 is 0 Å². The van der Waals surface area contributed by atoms with Gasteiger partial charge in [-0.1, -0.05) is 0 Å². The van der Waals surface area contributed by atoms with Crippen LogP contribution >= 0.6 is 0 Å². The molecule has 0 N–H and O–H groups in total. The number of nitrogens with zero attached hydrogens (tertiary/aromatic N) is 2. The predicted octanol–water partition coefficient (Wildman–Crippen LogP) is 1.58. The van der Waals surface area contributed by atoms with Crippen LogP contribution in [0.15, 0.2) is 22.8 Å². The predicted molar refractivity (Wildman–Crippen MR) is 80.6 cm³/mol. The fourth-order valence-electron chi connectivity index (χ4n) is 2.94. The summed E-state index contributed by atoms with van der Waals surface area (Å²) in [4.78, 5) is 16.6. The Morgan fingerprint density at radius 1 is 1.14 bits per heavy atom. The van der Waals surface area contributed by atoms with Crippen molar-refractivity contribution in [2.75, 3.05) is 45.9 Å². The van der Waals surface area contributed by atoms with Gasteiger partial charge >= 0.3 is 0 Å². The van der Waals surface area contributed by atoms with Crippen molar-refractivity contribution in [2.24, 2.45) is 0 Å². The molecular formula is C16H24N2O4. The third-order valence-electron chi connectivity index (χ3n) is 4.18. The summed E-state index contributed by atoms with van der Waals surface area (Å²) in [5.41, 5.74) is 0. The second kappa shape index (κ2) is 7.76. The molecule has 1 aromatic heterocycles. The van der Waals surface area contributed by atoms with Crippen LogP contribution in [0.2, 0.25) is 0 Å². The Kier molecular flexibility index (Phi) is 5.48. The van der Waals surface area contributed by atoms with Crippen molar-refractivity contribution in [2.45, 2.75) is 25.6 Å². The van der Waals surface area contributed by atoms with E-state index in [4.69, 9.17) is 13.9 Å². The van der Waals surface area contributed by atoms with Gasteiger partial charge < -0.3 is 23.7 Å². The van der Waals surface area contributed by atoms with Crippen LogP contribution in [-0.4, -0.2) is 67.9 Å². The van der Waals surface area contributed by atoms with Gasteiger partial charge in [-0.3, -0.25) is 4.79 Å². The van der Waals surface area contributed by atoms with E-state index in [1.54, 1.807) is 18.4 Å². The van der Waals surface area contributed by atoms with Crippen LogP contribution < -0.4 is 0 Å². The highest BCUT2D eigenvalue weighted by atomic mass is 16.7. The Hall–Kier alpha value is -1.37. The summed E-state index contributed by atoms with van der Waals surface area (Å²) in [6.45, 7) is 5.98. The summed E-state index contributed by atoms with van der Waals surface area (Å²) in [7, 11) is 0. The van der Waals surface area contributed by atoms with Crippen LogP contribution in [-0.2, 0) is 9.47 Å². The summed E-state index contributed by atoms with van der Waals surface area (Å²) in [6, 6.07) is 3.48. The van der Waals surface area contributed by atoms with Gasteiger partial charge in [0.05, 0.1) is 19.5 Å². The molecule has 2 aliphatic rings. The molecular weight excluding hydrogens is 284 g/mol. The average molecular weight is 308 g/mol. The monoisotopic (exact) mass is 308 g/mol. The Morgan fingerprint density at radius 3 is 2.77 bits per heavy atom. The second-order valence-electron chi connectivity index (χ2n) is 5.78. The molecule has 6 heteroatoms. The highest BCUT2D eigenvalue weighted by molar-refractivity contribution is 5.91. The zero-order valence-electron chi connectivity index (χ0n) is 12.9. The molecule has 2 aliphatic heterocycles. The number of carbonyl (C=O) groups is 1. The highest BCUT2D eigenvalue weighted by Gasteiger charge is 2.22. The molecule has 1 aromatic rings. The maximum Gasteiger partial charge on any atom is 0.289 e. The largest absolute Gasteiger partial charge is 0.459 e. The SMILES string of the molecule is O=C(c1ccco1)N1CCCN(CCC2OCCCO2)CC1. The molecule has 3 rings (SSSR count). The van der Waals surface area contributed by atoms with E-state index in [2.05, 4.69) is 4.90 Å². The molecule has 2 fully saturated rings. The standard InChI is InChI=1S/C16H24N2O4/c19-16(14-4-1-11-20-14)18-7-2-6-17(9-10-18)8-5-15-21-12-3-13-22-15/h1,4,11,15H,2-3,5-10,12-13H2. The molecule has 0 unspecified atom stereocenters. The van der Waals surface area contributed by atoms with Gasteiger partial charge in [-0.05, 0) is 31.5 Å². The summed E-state index contributed by atoms with van der Waals surface area (Å²) in [5.74, 6) is 0.420. The number of carbonyl (C=O) groups excluding carboxylic acids is 1. The number of furan rings is 1. The number of rotatable bonds is 4. The summed E-state index contributed by atoms with van der Waals surface area (Å²) in [5, 5.41) is 0. The minimum atomic E-state index is -0.0575. The van der Waals surface area contributed by atoms with Crippen molar-refractivity contribution in [3.05, 3.63) is 24.2 Å². The summed E-state index contributed by atoms with van der Waals surface area (Å²) < 4.78 is 16.4. The van der Waals surface area contributed by atoms with Crippen LogP contribution in [0.3, 0.4) is 0 Å². The van der Waals surface area contributed by atoms with Gasteiger partial charge in [0.1, 0.15) is 0 Å². The van der Waals surface area contributed by atoms with Crippen molar-refractivity contribution in [3.63, 3.8) is 0 Å². The molecule has 0 bridgehead atoms. The van der Waals surface area contributed by atoms with E-state index in [1.165, 1.54) is 0 Å². The molecule has 22 heavy (non-hydrogen) atoms. The normalized spacial score (nSPS) is 21.7. The lowest BCUT2D eigenvalue weighted by Gasteiger charge is -2.26.